The molecule has 1 N–H and O–H groups in total. The highest BCUT2D eigenvalue weighted by Crippen LogP contribution is 2.30. The number of nitrogens with one attached hydrogen (secondary N) is 1. The van der Waals surface area contributed by atoms with Gasteiger partial charge in [0.05, 0.1) is 17.3 Å². The van der Waals surface area contributed by atoms with Crippen molar-refractivity contribution in [2.45, 2.75) is 0 Å². The number of H-pyrrole nitrogens is 1. The molecule has 0 atom stereocenters. The molecular formula is C20H11N3O5. The van der Waals surface area contributed by atoms with E-state index in [-0.39, 0.29) is 22.4 Å². The van der Waals surface area contributed by atoms with E-state index in [0.29, 0.717) is 16.4 Å². The summed E-state index contributed by atoms with van der Waals surface area (Å²) in [5.41, 5.74) is 1.34. The van der Waals surface area contributed by atoms with Crippen molar-refractivity contribution in [1.29, 1.82) is 0 Å². The molecule has 2 aromatic carbocycles. The van der Waals surface area contributed by atoms with Gasteiger partial charge in [-0.2, -0.15) is 5.10 Å². The molecule has 0 unspecified atom stereocenters. The lowest BCUT2D eigenvalue weighted by atomic mass is 10.1. The van der Waals surface area contributed by atoms with E-state index in [1.165, 1.54) is 18.3 Å². The largest absolute Gasteiger partial charge is 0.454 e. The molecule has 4 aromatic rings. The molecule has 0 bridgehead atoms. The second kappa shape index (κ2) is 5.92. The van der Waals surface area contributed by atoms with Gasteiger partial charge >= 0.3 is 5.97 Å². The zero-order valence-electron chi connectivity index (χ0n) is 14.2. The number of benzene rings is 2. The zero-order valence-corrected chi connectivity index (χ0v) is 14.2. The van der Waals surface area contributed by atoms with Crippen LogP contribution in [0.1, 0.15) is 31.1 Å². The number of aromatic amines is 1. The molecule has 8 heteroatoms. The van der Waals surface area contributed by atoms with Gasteiger partial charge in [0.25, 0.3) is 11.8 Å². The third-order valence-electron chi connectivity index (χ3n) is 4.46. The molecule has 8 nitrogen and oxygen atoms in total. The quantitative estimate of drug-likeness (QED) is 0.553. The van der Waals surface area contributed by atoms with Crippen LogP contribution in [0.3, 0.4) is 0 Å². The standard InChI is InChI=1S/C20H11N3O5/c24-18-12-6-2-3-7-13(12)19(25)23(18)28-20(26)14-10-21-22-17(14)16-9-11-5-1-4-8-15(11)27-16/h1-10H,(H,21,22). The average molecular weight is 373 g/mol. The molecule has 5 rings (SSSR count). The molecule has 3 heterocycles. The van der Waals surface area contributed by atoms with Gasteiger partial charge in [0.15, 0.2) is 5.76 Å². The van der Waals surface area contributed by atoms with Gasteiger partial charge in [0.1, 0.15) is 16.8 Å². The highest BCUT2D eigenvalue weighted by atomic mass is 16.7. The molecule has 28 heavy (non-hydrogen) atoms. The maximum Gasteiger partial charge on any atom is 0.367 e. The Balaban J connectivity index is 1.46. The van der Waals surface area contributed by atoms with Crippen molar-refractivity contribution in [3.63, 3.8) is 0 Å². The predicted octanol–water partition coefficient (Wildman–Crippen LogP) is 3.19. The molecule has 2 aromatic heterocycles. The number of para-hydroxylation sites is 1. The number of aromatic nitrogens is 2. The predicted molar refractivity (Wildman–Crippen MR) is 96.2 cm³/mol. The van der Waals surface area contributed by atoms with Crippen molar-refractivity contribution in [3.05, 3.63) is 77.5 Å². The molecule has 0 saturated heterocycles. The fourth-order valence-corrected chi connectivity index (χ4v) is 3.12. The minimum Gasteiger partial charge on any atom is -0.454 e. The van der Waals surface area contributed by atoms with E-state index in [0.717, 1.165) is 5.39 Å². The van der Waals surface area contributed by atoms with E-state index >= 15 is 0 Å². The molecule has 2 amide bonds. The summed E-state index contributed by atoms with van der Waals surface area (Å²) >= 11 is 0. The van der Waals surface area contributed by atoms with Crippen LogP contribution in [0.25, 0.3) is 22.4 Å². The van der Waals surface area contributed by atoms with Crippen molar-refractivity contribution in [2.75, 3.05) is 0 Å². The summed E-state index contributed by atoms with van der Waals surface area (Å²) in [6, 6.07) is 15.4. The number of carbonyl (C=O) groups is 3. The van der Waals surface area contributed by atoms with E-state index in [9.17, 15) is 14.4 Å². The van der Waals surface area contributed by atoms with Gasteiger partial charge < -0.3 is 9.25 Å². The average Bonchev–Trinajstić information content (AvgIpc) is 3.41. The van der Waals surface area contributed by atoms with Gasteiger partial charge in [0.2, 0.25) is 0 Å². The van der Waals surface area contributed by atoms with E-state index in [4.69, 9.17) is 9.25 Å². The number of fused-ring (bicyclic) bond motifs is 2. The summed E-state index contributed by atoms with van der Waals surface area (Å²) in [4.78, 5) is 42.5. The molecule has 0 radical (unpaired) electrons. The van der Waals surface area contributed by atoms with Gasteiger partial charge in [0, 0.05) is 5.39 Å². The number of hydrogen-bond acceptors (Lipinski definition) is 6. The minimum absolute atomic E-state index is 0.0376. The summed E-state index contributed by atoms with van der Waals surface area (Å²) in [7, 11) is 0. The molecule has 0 aliphatic carbocycles. The number of carbonyl (C=O) groups excluding carboxylic acids is 3. The van der Waals surface area contributed by atoms with Crippen LogP contribution in [0.5, 0.6) is 0 Å². The lowest BCUT2D eigenvalue weighted by molar-refractivity contribution is -0.0584. The summed E-state index contributed by atoms with van der Waals surface area (Å²) < 4.78 is 5.74. The number of hydrogen-bond donors (Lipinski definition) is 1. The third kappa shape index (κ3) is 2.32. The molecular weight excluding hydrogens is 362 g/mol. The van der Waals surface area contributed by atoms with Gasteiger partial charge in [-0.05, 0) is 24.3 Å². The van der Waals surface area contributed by atoms with Crippen LogP contribution in [0, 0.1) is 0 Å². The van der Waals surface area contributed by atoms with Crippen LogP contribution in [0.15, 0.2) is 65.2 Å². The number of imide groups is 1. The molecule has 0 saturated carbocycles. The maximum absolute atomic E-state index is 12.6. The van der Waals surface area contributed by atoms with Crippen molar-refractivity contribution in [1.82, 2.24) is 15.3 Å². The van der Waals surface area contributed by atoms with Gasteiger partial charge in [-0.15, -0.1) is 0 Å². The van der Waals surface area contributed by atoms with E-state index in [1.807, 2.05) is 18.2 Å². The molecule has 136 valence electrons. The number of hydroxylamine groups is 2. The molecule has 1 aliphatic heterocycles. The van der Waals surface area contributed by atoms with Crippen molar-refractivity contribution in [3.8, 4) is 11.5 Å². The Bertz CT molecular complexity index is 1200. The first kappa shape index (κ1) is 16.0. The van der Waals surface area contributed by atoms with Crippen LogP contribution in [0.2, 0.25) is 0 Å². The topological polar surface area (TPSA) is 105 Å². The highest BCUT2D eigenvalue weighted by molar-refractivity contribution is 6.21. The Morgan fingerprint density at radius 3 is 2.39 bits per heavy atom. The van der Waals surface area contributed by atoms with Crippen molar-refractivity contribution in [2.24, 2.45) is 0 Å². The van der Waals surface area contributed by atoms with Crippen LogP contribution >= 0.6 is 0 Å². The Hall–Kier alpha value is -4.20. The monoisotopic (exact) mass is 373 g/mol. The fourth-order valence-electron chi connectivity index (χ4n) is 3.12. The molecule has 0 fully saturated rings. The minimum atomic E-state index is -0.904. The smallest absolute Gasteiger partial charge is 0.367 e. The Labute approximate surface area is 157 Å². The first-order valence-corrected chi connectivity index (χ1v) is 8.36. The fraction of sp³-hybridized carbons (Fsp3) is 0. The van der Waals surface area contributed by atoms with Gasteiger partial charge in [-0.25, -0.2) is 4.79 Å². The summed E-state index contributed by atoms with van der Waals surface area (Å²) in [6.45, 7) is 0. The first-order chi connectivity index (χ1) is 13.6. The second-order valence-electron chi connectivity index (χ2n) is 6.14. The molecule has 0 spiro atoms. The van der Waals surface area contributed by atoms with E-state index < -0.39 is 17.8 Å². The first-order valence-electron chi connectivity index (χ1n) is 8.36. The van der Waals surface area contributed by atoms with Crippen LogP contribution in [0.4, 0.5) is 0 Å². The normalized spacial score (nSPS) is 13.2. The number of nitrogens with zero attached hydrogens (tertiary/aromatic N) is 2. The third-order valence-corrected chi connectivity index (χ3v) is 4.46. The van der Waals surface area contributed by atoms with Gasteiger partial charge in [-0.3, -0.25) is 14.7 Å². The van der Waals surface area contributed by atoms with Crippen LogP contribution in [-0.2, 0) is 4.84 Å². The van der Waals surface area contributed by atoms with E-state index in [1.54, 1.807) is 24.3 Å². The Morgan fingerprint density at radius 2 is 1.68 bits per heavy atom. The number of rotatable bonds is 3. The van der Waals surface area contributed by atoms with Gasteiger partial charge in [-0.1, -0.05) is 35.4 Å². The summed E-state index contributed by atoms with van der Waals surface area (Å²) in [5.74, 6) is -1.91. The maximum atomic E-state index is 12.6. The number of furan rings is 1. The van der Waals surface area contributed by atoms with E-state index in [2.05, 4.69) is 10.2 Å². The molecule has 1 aliphatic rings. The Morgan fingerprint density at radius 1 is 1.00 bits per heavy atom. The van der Waals surface area contributed by atoms with Crippen LogP contribution in [-0.4, -0.2) is 33.0 Å². The summed E-state index contributed by atoms with van der Waals surface area (Å²) in [5, 5.41) is 7.88. The van der Waals surface area contributed by atoms with Crippen molar-refractivity contribution >= 4 is 28.8 Å². The SMILES string of the molecule is O=C(ON1C(=O)c2ccccc2C1=O)c1cn[nH]c1-c1cc2ccccc2o1. The highest BCUT2D eigenvalue weighted by Gasteiger charge is 2.39. The Kier molecular flexibility index (Phi) is 3.38. The lowest BCUT2D eigenvalue weighted by Gasteiger charge is -2.12. The van der Waals surface area contributed by atoms with Crippen LogP contribution < -0.4 is 0 Å². The summed E-state index contributed by atoms with van der Waals surface area (Å²) in [6.07, 6.45) is 1.25. The lowest BCUT2D eigenvalue weighted by Crippen LogP contribution is -2.32. The number of amides is 2. The second-order valence-corrected chi connectivity index (χ2v) is 6.14. The zero-order chi connectivity index (χ0) is 19.3. The van der Waals surface area contributed by atoms with Crippen molar-refractivity contribution < 1.29 is 23.6 Å².